The molecule has 7 heterocycles. The van der Waals surface area contributed by atoms with E-state index in [2.05, 4.69) is 46.0 Å². The van der Waals surface area contributed by atoms with Crippen LogP contribution >= 0.6 is 0 Å². The molecule has 7 saturated heterocycles. The molecular formula is C73H115NO36. The highest BCUT2D eigenvalue weighted by Gasteiger charge is 2.73. The molecule has 19 N–H and O–H groups in total. The van der Waals surface area contributed by atoms with Gasteiger partial charge in [0.25, 0.3) is 0 Å². The molecule has 12 aliphatic rings. The van der Waals surface area contributed by atoms with Crippen molar-refractivity contribution in [2.24, 2.45) is 50.2 Å². The lowest BCUT2D eigenvalue weighted by atomic mass is 9.33. The Morgan fingerprint density at radius 2 is 1.18 bits per heavy atom. The van der Waals surface area contributed by atoms with Crippen LogP contribution < -0.4 is 5.32 Å². The summed E-state index contributed by atoms with van der Waals surface area (Å²) in [4.78, 5) is 56.4. The molecule has 41 atom stereocenters. The van der Waals surface area contributed by atoms with Gasteiger partial charge in [-0.2, -0.15) is 0 Å². The van der Waals surface area contributed by atoms with Crippen molar-refractivity contribution in [3.05, 3.63) is 11.6 Å². The lowest BCUT2D eigenvalue weighted by Gasteiger charge is -2.71. The van der Waals surface area contributed by atoms with Crippen molar-refractivity contribution in [2.75, 3.05) is 33.0 Å². The molecule has 12 rings (SSSR count). The zero-order valence-corrected chi connectivity index (χ0v) is 63.1. The van der Waals surface area contributed by atoms with E-state index in [9.17, 15) is 106 Å². The van der Waals surface area contributed by atoms with Crippen molar-refractivity contribution in [3.63, 3.8) is 0 Å². The third kappa shape index (κ3) is 14.8. The van der Waals surface area contributed by atoms with Crippen molar-refractivity contribution in [3.8, 4) is 0 Å². The Hall–Kier alpha value is -3.38. The molecule has 0 spiro atoms. The summed E-state index contributed by atoms with van der Waals surface area (Å²) < 4.78 is 84.5. The van der Waals surface area contributed by atoms with Crippen LogP contribution in [0.3, 0.4) is 0 Å². The van der Waals surface area contributed by atoms with Gasteiger partial charge in [0.15, 0.2) is 49.9 Å². The third-order valence-electron chi connectivity index (χ3n) is 27.6. The molecule has 0 aromatic rings. The van der Waals surface area contributed by atoms with Gasteiger partial charge in [-0.15, -0.1) is 0 Å². The average molecular weight is 1580 g/mol. The highest BCUT2D eigenvalue weighted by Crippen LogP contribution is 2.76. The standard InChI is InChI=1S/C73H115NO36/c1-10-39(81)74-40-33(22-75)101-63(55(43(40)84)108-61-48(89)45(86)51(28(3)100-61)104-60-50(91)52(32(79)25-98-60)105-65-57(92)72(96,11-2)27-99-65)110-66(95)73-19-18-67(4,5)20-30(73)29-12-13-36-68(6)16-15-38(69(7,26-77)35(68)14-17-70(36,8)71(29,9)21-37(73)80)103-64-56(109-62-47(88)44(85)42(83)34(23-76)102-62)53(49(90)54(107-64)58(93)94)106-59-46(87)41(82)31(78)24-97-59/h12,26,28,30-38,40-57,59-65,75-76,78-80,82-92,96H,10-11,13-25,27H2,1-9H3,(H,74,81)(H,93,94)/t28?,30?,31-,32-,33?,34?,35+,36?,37?,38-,40-,41-,42-,43?,44-,45?,46?,47?,48?,49+,50?,51-,52?,53-,54?,55?,56?,57?,59-,60-,61-,62-,63-,64+,65+,68?,69+,70?,71?,72-,73+/m0/s1. The molecule has 0 aromatic carbocycles. The first kappa shape index (κ1) is 86.0. The number of esters is 1. The maximum atomic E-state index is 16.0. The highest BCUT2D eigenvalue weighted by atomic mass is 16.8. The number of ether oxygens (including phenoxy) is 14. The maximum absolute atomic E-state index is 16.0. The Labute approximate surface area is 634 Å². The number of aliphatic hydroxyl groups excluding tert-OH is 16. The summed E-state index contributed by atoms with van der Waals surface area (Å²) in [5.41, 5.74) is -6.73. The molecule has 110 heavy (non-hydrogen) atoms. The number of aliphatic hydroxyl groups is 17. The van der Waals surface area contributed by atoms with Gasteiger partial charge in [0.2, 0.25) is 12.2 Å². The number of allylic oxidation sites excluding steroid dienone is 2. The summed E-state index contributed by atoms with van der Waals surface area (Å²) in [5, 5.41) is 204. The zero-order valence-electron chi connectivity index (χ0n) is 63.1. The second kappa shape index (κ2) is 32.5. The molecule has 0 bridgehead atoms. The number of hydrogen-bond donors (Lipinski definition) is 19. The fourth-order valence-corrected chi connectivity index (χ4v) is 20.7. The van der Waals surface area contributed by atoms with Crippen molar-refractivity contribution in [1.29, 1.82) is 0 Å². The number of carbonyl (C=O) groups is 4. The molecule has 7 aliphatic heterocycles. The van der Waals surface area contributed by atoms with E-state index in [0.29, 0.717) is 38.5 Å². The van der Waals surface area contributed by atoms with Gasteiger partial charge in [-0.25, -0.2) is 4.79 Å². The van der Waals surface area contributed by atoms with Crippen molar-refractivity contribution in [2.45, 2.75) is 335 Å². The number of carbonyl (C=O) groups excluding carboxylic acids is 3. The third-order valence-corrected chi connectivity index (χ3v) is 27.6. The van der Waals surface area contributed by atoms with E-state index in [1.54, 1.807) is 13.8 Å². The van der Waals surface area contributed by atoms with Gasteiger partial charge in [-0.3, -0.25) is 9.59 Å². The maximum Gasteiger partial charge on any atom is 0.335 e. The van der Waals surface area contributed by atoms with E-state index in [0.717, 1.165) is 11.9 Å². The lowest BCUT2D eigenvalue weighted by Crippen LogP contribution is -2.70. The molecular weight excluding hydrogens is 1470 g/mol. The van der Waals surface area contributed by atoms with E-state index in [-0.39, 0.29) is 44.6 Å². The van der Waals surface area contributed by atoms with Crippen LogP contribution in [0, 0.1) is 50.2 Å². The van der Waals surface area contributed by atoms with Crippen LogP contribution in [0.25, 0.3) is 0 Å². The minimum absolute atomic E-state index is 0.00455. The molecule has 20 unspecified atom stereocenters. The zero-order chi connectivity index (χ0) is 80.4. The van der Waals surface area contributed by atoms with E-state index >= 15 is 4.79 Å². The Morgan fingerprint density at radius 1 is 0.573 bits per heavy atom. The first-order valence-corrected chi connectivity index (χ1v) is 38.4. The molecule has 37 nitrogen and oxygen atoms in total. The number of hydrogen-bond acceptors (Lipinski definition) is 35. The number of aliphatic carboxylic acids is 1. The van der Waals surface area contributed by atoms with Crippen LogP contribution in [0.2, 0.25) is 0 Å². The van der Waals surface area contributed by atoms with E-state index < -0.39 is 291 Å². The summed E-state index contributed by atoms with van der Waals surface area (Å²) >= 11 is 0. The lowest BCUT2D eigenvalue weighted by molar-refractivity contribution is -0.391. The number of aldehydes is 1. The fraction of sp³-hybridized carbons (Fsp3) is 0.918. The summed E-state index contributed by atoms with van der Waals surface area (Å²) in [6, 6.07) is -1.45. The van der Waals surface area contributed by atoms with E-state index in [1.807, 2.05) is 0 Å². The molecule has 0 radical (unpaired) electrons. The molecule has 1 amide bonds. The SMILES string of the molecule is CCC(=O)N[C@H]1C(CO)O[C@@H](OC(=O)[C@]23CCC(C)(C)CC2C2=CCC4C5(C)CC[C@H](O[C@@H]6OC(C(=O)O)[C@H](O)[C@H](O[C@@H]7OC[C@H](O)[C@H](O)C7O)C6O[C@@H]6OC(CO)[C@H](O)[C@H](O)C6O)[C@](C)(C=O)[C@@H]5CCC4(C)C2(C)CC3O)C(O[C@@H]2OC(C)[C@H](O[C@@H]3OC[C@H](O)C(O[C@H]4OC[C@@](O)(CC)C4O)C3O)C(O)C2O)C1O. The summed E-state index contributed by atoms with van der Waals surface area (Å²) in [7, 11) is 0. The van der Waals surface area contributed by atoms with E-state index in [4.69, 9.17) is 66.3 Å². The molecule has 5 aliphatic carbocycles. The first-order valence-electron chi connectivity index (χ1n) is 38.4. The monoisotopic (exact) mass is 1580 g/mol. The normalized spacial score (nSPS) is 52.9. The summed E-state index contributed by atoms with van der Waals surface area (Å²) in [6.45, 7) is 13.6. The second-order valence-electron chi connectivity index (χ2n) is 34.4. The number of carboxylic acid groups (broad SMARTS) is 1. The number of carboxylic acids is 1. The van der Waals surface area contributed by atoms with E-state index in [1.165, 1.54) is 13.8 Å². The Balaban J connectivity index is 0.800. The Kier molecular flexibility index (Phi) is 25.4. The van der Waals surface area contributed by atoms with Crippen LogP contribution in [-0.2, 0) is 85.5 Å². The fourth-order valence-electron chi connectivity index (χ4n) is 20.7. The number of nitrogens with one attached hydrogen (secondary N) is 1. The predicted octanol–water partition coefficient (Wildman–Crippen LogP) is -5.42. The quantitative estimate of drug-likeness (QED) is 0.0221. The molecule has 11 fully saturated rings. The molecule has 0 aromatic heterocycles. The van der Waals surface area contributed by atoms with Crippen molar-refractivity contribution in [1.82, 2.24) is 5.32 Å². The summed E-state index contributed by atoms with van der Waals surface area (Å²) in [5.74, 6) is -4.79. The van der Waals surface area contributed by atoms with Gasteiger partial charge in [0.1, 0.15) is 133 Å². The molecule has 4 saturated carbocycles. The highest BCUT2D eigenvalue weighted by molar-refractivity contribution is 5.80. The summed E-state index contributed by atoms with van der Waals surface area (Å²) in [6.07, 6.45) is -50.0. The molecule has 37 heteroatoms. The number of fused-ring (bicyclic) bond motifs is 7. The van der Waals surface area contributed by atoms with Gasteiger partial charge < -0.3 is 168 Å². The Bertz CT molecular complexity index is 3270. The van der Waals surface area contributed by atoms with Crippen LogP contribution in [0.15, 0.2) is 11.6 Å². The second-order valence-corrected chi connectivity index (χ2v) is 34.4. The minimum atomic E-state index is -2.23. The van der Waals surface area contributed by atoms with Crippen LogP contribution in [0.4, 0.5) is 0 Å². The molecule has 628 valence electrons. The number of rotatable bonds is 21. The van der Waals surface area contributed by atoms with Gasteiger partial charge in [0, 0.05) is 6.42 Å². The van der Waals surface area contributed by atoms with Crippen LogP contribution in [0.1, 0.15) is 133 Å². The smallest absolute Gasteiger partial charge is 0.335 e. The average Bonchev–Trinajstić information content (AvgIpc) is 0.705. The Morgan fingerprint density at radius 3 is 1.83 bits per heavy atom. The van der Waals surface area contributed by atoms with Crippen LogP contribution in [-0.4, -0.2) is 351 Å². The van der Waals surface area contributed by atoms with Gasteiger partial charge >= 0.3 is 11.9 Å². The van der Waals surface area contributed by atoms with Gasteiger partial charge in [0.05, 0.1) is 62.8 Å². The van der Waals surface area contributed by atoms with Gasteiger partial charge in [-0.05, 0) is 111 Å². The largest absolute Gasteiger partial charge is 0.479 e. The van der Waals surface area contributed by atoms with Crippen LogP contribution in [0.5, 0.6) is 0 Å². The van der Waals surface area contributed by atoms with Crippen molar-refractivity contribution >= 4 is 24.1 Å². The van der Waals surface area contributed by atoms with Gasteiger partial charge in [-0.1, -0.05) is 67.0 Å². The topological polar surface area (TPSA) is 574 Å². The van der Waals surface area contributed by atoms with Crippen molar-refractivity contribution < 1.29 is 177 Å². The number of amides is 1. The predicted molar refractivity (Wildman–Crippen MR) is 363 cm³/mol. The first-order chi connectivity index (χ1) is 51.7. The minimum Gasteiger partial charge on any atom is -0.479 e.